The zero-order valence-electron chi connectivity index (χ0n) is 17.4. The van der Waals surface area contributed by atoms with Crippen molar-refractivity contribution in [1.29, 1.82) is 0 Å². The van der Waals surface area contributed by atoms with Crippen LogP contribution in [0.2, 0.25) is 0 Å². The van der Waals surface area contributed by atoms with E-state index in [0.717, 1.165) is 24.0 Å². The predicted octanol–water partition coefficient (Wildman–Crippen LogP) is 3.40. The van der Waals surface area contributed by atoms with E-state index < -0.39 is 5.63 Å². The Balaban J connectivity index is 1.43. The summed E-state index contributed by atoms with van der Waals surface area (Å²) in [4.78, 5) is 29.4. The third kappa shape index (κ3) is 3.77. The number of hydrogen-bond donors (Lipinski definition) is 1. The van der Waals surface area contributed by atoms with E-state index in [1.54, 1.807) is 19.1 Å². The highest BCUT2D eigenvalue weighted by molar-refractivity contribution is 5.85. The van der Waals surface area contributed by atoms with Gasteiger partial charge in [-0.2, -0.15) is 0 Å². The molecule has 2 heterocycles. The van der Waals surface area contributed by atoms with Crippen LogP contribution in [-0.4, -0.2) is 42.1 Å². The van der Waals surface area contributed by atoms with E-state index in [-0.39, 0.29) is 18.1 Å². The molecule has 0 radical (unpaired) electrons. The fourth-order valence-corrected chi connectivity index (χ4v) is 4.11. The molecule has 1 aromatic heterocycles. The molecule has 2 aromatic carbocycles. The fourth-order valence-electron chi connectivity index (χ4n) is 4.11. The van der Waals surface area contributed by atoms with Crippen molar-refractivity contribution >= 4 is 22.6 Å². The number of hydrogen-bond acceptors (Lipinski definition) is 5. The predicted molar refractivity (Wildman–Crippen MR) is 117 cm³/mol. The summed E-state index contributed by atoms with van der Waals surface area (Å²) < 4.78 is 5.48. The molecular formula is C24H26N2O4. The third-order valence-electron chi connectivity index (χ3n) is 6.02. The van der Waals surface area contributed by atoms with Crippen LogP contribution in [0.25, 0.3) is 11.0 Å². The van der Waals surface area contributed by atoms with E-state index in [9.17, 15) is 14.7 Å². The van der Waals surface area contributed by atoms with Crippen molar-refractivity contribution in [3.63, 3.8) is 0 Å². The molecule has 156 valence electrons. The first-order valence-corrected chi connectivity index (χ1v) is 10.3. The quantitative estimate of drug-likeness (QED) is 0.673. The maximum atomic E-state index is 12.7. The topological polar surface area (TPSA) is 74.0 Å². The second-order valence-electron chi connectivity index (χ2n) is 7.78. The van der Waals surface area contributed by atoms with Crippen molar-refractivity contribution in [3.05, 3.63) is 69.6 Å². The number of carbonyl (C=O) groups is 1. The molecule has 1 aliphatic rings. The number of nitrogens with zero attached hydrogens (tertiary/aromatic N) is 2. The highest BCUT2D eigenvalue weighted by atomic mass is 16.4. The average molecular weight is 406 g/mol. The number of fused-ring (bicyclic) bond motifs is 1. The lowest BCUT2D eigenvalue weighted by molar-refractivity contribution is -0.131. The zero-order chi connectivity index (χ0) is 21.3. The largest absolute Gasteiger partial charge is 0.508 e. The van der Waals surface area contributed by atoms with Crippen LogP contribution in [0.15, 0.2) is 51.7 Å². The number of aryl methyl sites for hydroxylation is 2. The Morgan fingerprint density at radius 1 is 1.00 bits per heavy atom. The minimum absolute atomic E-state index is 0.0588. The van der Waals surface area contributed by atoms with Crippen molar-refractivity contribution in [2.45, 2.75) is 26.7 Å². The van der Waals surface area contributed by atoms with Crippen LogP contribution >= 0.6 is 0 Å². The average Bonchev–Trinajstić information content (AvgIpc) is 2.77. The van der Waals surface area contributed by atoms with Crippen LogP contribution in [0.5, 0.6) is 5.75 Å². The molecule has 1 amide bonds. The molecule has 0 spiro atoms. The standard InChI is InChI=1S/C24H26N2O4/c1-16-19-8-10-21(27)17(2)23(19)30-24(29)20(16)9-11-22(28)26-14-12-25(13-15-26)18-6-4-3-5-7-18/h3-8,10,27H,9,11-15H2,1-2H3. The minimum Gasteiger partial charge on any atom is -0.508 e. The minimum atomic E-state index is -0.435. The Hall–Kier alpha value is -3.28. The van der Waals surface area contributed by atoms with Crippen molar-refractivity contribution in [2.75, 3.05) is 31.1 Å². The summed E-state index contributed by atoms with van der Waals surface area (Å²) in [6.07, 6.45) is 0.626. The summed E-state index contributed by atoms with van der Waals surface area (Å²) in [5, 5.41) is 10.7. The van der Waals surface area contributed by atoms with Gasteiger partial charge in [-0.25, -0.2) is 4.79 Å². The smallest absolute Gasteiger partial charge is 0.339 e. The number of piperazine rings is 1. The van der Waals surface area contributed by atoms with Gasteiger partial charge >= 0.3 is 5.63 Å². The zero-order valence-corrected chi connectivity index (χ0v) is 17.4. The second-order valence-corrected chi connectivity index (χ2v) is 7.78. The molecule has 3 aromatic rings. The lowest BCUT2D eigenvalue weighted by Crippen LogP contribution is -2.48. The van der Waals surface area contributed by atoms with Crippen LogP contribution in [0, 0.1) is 13.8 Å². The molecule has 4 rings (SSSR count). The number of anilines is 1. The number of amides is 1. The lowest BCUT2D eigenvalue weighted by Gasteiger charge is -2.36. The van der Waals surface area contributed by atoms with Gasteiger partial charge in [0.25, 0.3) is 0 Å². The summed E-state index contributed by atoms with van der Waals surface area (Å²) in [6, 6.07) is 13.6. The molecule has 1 saturated heterocycles. The third-order valence-corrected chi connectivity index (χ3v) is 6.02. The highest BCUT2D eigenvalue weighted by Crippen LogP contribution is 2.28. The first kappa shape index (κ1) is 20.0. The maximum absolute atomic E-state index is 12.7. The van der Waals surface area contributed by atoms with Gasteiger partial charge in [0.2, 0.25) is 5.91 Å². The van der Waals surface area contributed by atoms with Gasteiger partial charge in [-0.1, -0.05) is 18.2 Å². The van der Waals surface area contributed by atoms with E-state index in [4.69, 9.17) is 4.42 Å². The molecule has 6 heteroatoms. The number of aromatic hydroxyl groups is 1. The number of rotatable bonds is 4. The molecule has 0 unspecified atom stereocenters. The van der Waals surface area contributed by atoms with Crippen LogP contribution in [0.4, 0.5) is 5.69 Å². The van der Waals surface area contributed by atoms with Crippen molar-refractivity contribution in [1.82, 2.24) is 4.90 Å². The lowest BCUT2D eigenvalue weighted by atomic mass is 10.00. The molecule has 1 fully saturated rings. The van der Waals surface area contributed by atoms with E-state index in [0.29, 0.717) is 36.2 Å². The summed E-state index contributed by atoms with van der Waals surface area (Å²) in [5.74, 6) is 0.158. The molecule has 0 saturated carbocycles. The number of benzene rings is 2. The normalized spacial score (nSPS) is 14.3. The summed E-state index contributed by atoms with van der Waals surface area (Å²) in [7, 11) is 0. The van der Waals surface area contributed by atoms with Gasteiger partial charge in [-0.3, -0.25) is 4.79 Å². The van der Waals surface area contributed by atoms with Gasteiger partial charge in [0, 0.05) is 54.8 Å². The SMILES string of the molecule is Cc1c(CCC(=O)N2CCN(c3ccccc3)CC2)c(=O)oc2c(C)c(O)ccc12. The van der Waals surface area contributed by atoms with Crippen LogP contribution in [0.3, 0.4) is 0 Å². The van der Waals surface area contributed by atoms with Gasteiger partial charge in [0.1, 0.15) is 11.3 Å². The molecule has 1 aliphatic heterocycles. The van der Waals surface area contributed by atoms with Crippen molar-refractivity contribution in [3.8, 4) is 5.75 Å². The van der Waals surface area contributed by atoms with E-state index >= 15 is 0 Å². The number of phenols is 1. The maximum Gasteiger partial charge on any atom is 0.339 e. The van der Waals surface area contributed by atoms with Crippen molar-refractivity contribution in [2.24, 2.45) is 0 Å². The summed E-state index contributed by atoms with van der Waals surface area (Å²) in [6.45, 7) is 6.55. The van der Waals surface area contributed by atoms with Gasteiger partial charge < -0.3 is 19.3 Å². The first-order valence-electron chi connectivity index (χ1n) is 10.3. The van der Waals surface area contributed by atoms with Gasteiger partial charge in [-0.15, -0.1) is 0 Å². The van der Waals surface area contributed by atoms with Gasteiger partial charge in [0.05, 0.1) is 0 Å². The first-order chi connectivity index (χ1) is 14.5. The van der Waals surface area contributed by atoms with Crippen LogP contribution < -0.4 is 10.5 Å². The fraction of sp³-hybridized carbons (Fsp3) is 0.333. The Morgan fingerprint density at radius 2 is 1.70 bits per heavy atom. The van der Waals surface area contributed by atoms with Crippen LogP contribution in [-0.2, 0) is 11.2 Å². The molecular weight excluding hydrogens is 380 g/mol. The Kier molecular flexibility index (Phi) is 5.48. The summed E-state index contributed by atoms with van der Waals surface area (Å²) in [5.41, 5.74) is 3.04. The van der Waals surface area contributed by atoms with E-state index in [2.05, 4.69) is 17.0 Å². The molecule has 0 atom stereocenters. The Morgan fingerprint density at radius 3 is 2.40 bits per heavy atom. The summed E-state index contributed by atoms with van der Waals surface area (Å²) >= 11 is 0. The molecule has 30 heavy (non-hydrogen) atoms. The van der Waals surface area contributed by atoms with Crippen molar-refractivity contribution < 1.29 is 14.3 Å². The molecule has 6 nitrogen and oxygen atoms in total. The number of para-hydroxylation sites is 1. The Bertz CT molecular complexity index is 1130. The monoisotopic (exact) mass is 406 g/mol. The van der Waals surface area contributed by atoms with E-state index in [1.165, 1.54) is 5.69 Å². The van der Waals surface area contributed by atoms with Gasteiger partial charge in [-0.05, 0) is 50.1 Å². The molecule has 0 bridgehead atoms. The van der Waals surface area contributed by atoms with Gasteiger partial charge in [0.15, 0.2) is 0 Å². The molecule has 1 N–H and O–H groups in total. The number of carbonyl (C=O) groups excluding carboxylic acids is 1. The Labute approximate surface area is 175 Å². The highest BCUT2D eigenvalue weighted by Gasteiger charge is 2.22. The molecule has 0 aliphatic carbocycles. The second kappa shape index (κ2) is 8.22. The van der Waals surface area contributed by atoms with E-state index in [1.807, 2.05) is 30.0 Å². The van der Waals surface area contributed by atoms with Crippen LogP contribution in [0.1, 0.15) is 23.1 Å². The number of phenolic OH excluding ortho intramolecular Hbond substituents is 1.